The number of nitrogens with one attached hydrogen (secondary N) is 1. The van der Waals surface area contributed by atoms with Gasteiger partial charge in [-0.15, -0.1) is 0 Å². The lowest BCUT2D eigenvalue weighted by molar-refractivity contribution is 0.0673. The van der Waals surface area contributed by atoms with E-state index >= 15 is 0 Å². The van der Waals surface area contributed by atoms with Crippen LogP contribution in [-0.4, -0.2) is 49.7 Å². The first kappa shape index (κ1) is 14.7. The number of methoxy groups -OCH3 is 1. The van der Waals surface area contributed by atoms with Crippen LogP contribution in [0, 0.1) is 5.41 Å². The lowest BCUT2D eigenvalue weighted by Crippen LogP contribution is -2.37. The third kappa shape index (κ3) is 7.05. The summed E-state index contributed by atoms with van der Waals surface area (Å²) in [5, 5.41) is 7.11. The quantitative estimate of drug-likeness (QED) is 0.501. The fourth-order valence-corrected chi connectivity index (χ4v) is 1.03. The smallest absolute Gasteiger partial charge is 0.410 e. The summed E-state index contributed by atoms with van der Waals surface area (Å²) >= 11 is 0. The van der Waals surface area contributed by atoms with Gasteiger partial charge in [0.1, 0.15) is 0 Å². The number of ether oxygens (including phenoxy) is 2. The molecule has 0 aliphatic heterocycles. The van der Waals surface area contributed by atoms with Gasteiger partial charge in [-0.2, -0.15) is 0 Å². The second-order valence-electron chi connectivity index (χ2n) is 3.69. The minimum Gasteiger partial charge on any atom is -0.447 e. The molecule has 0 atom stereocenters. The first-order valence-electron chi connectivity index (χ1n) is 5.24. The molecule has 1 amide bonds. The Bertz CT molecular complexity index is 231. The number of hydrogen-bond donors (Lipinski definition) is 2. The van der Waals surface area contributed by atoms with Gasteiger partial charge < -0.3 is 20.1 Å². The summed E-state index contributed by atoms with van der Waals surface area (Å²) in [6.07, 6.45) is -0.208. The van der Waals surface area contributed by atoms with Crippen LogP contribution in [0.2, 0.25) is 0 Å². The number of rotatable bonds is 7. The van der Waals surface area contributed by atoms with Crippen molar-refractivity contribution in [3.63, 3.8) is 0 Å². The van der Waals surface area contributed by atoms with Gasteiger partial charge in [-0.1, -0.05) is 0 Å². The third-order valence-corrected chi connectivity index (χ3v) is 1.81. The van der Waals surface area contributed by atoms with E-state index in [1.54, 1.807) is 21.0 Å². The van der Waals surface area contributed by atoms with Crippen molar-refractivity contribution in [3.05, 3.63) is 0 Å². The summed E-state index contributed by atoms with van der Waals surface area (Å²) < 4.78 is 9.96. The summed E-state index contributed by atoms with van der Waals surface area (Å²) in [6, 6.07) is 0. The molecule has 6 heteroatoms. The summed E-state index contributed by atoms with van der Waals surface area (Å²) in [4.78, 5) is 13.1. The van der Waals surface area contributed by atoms with E-state index < -0.39 is 6.09 Å². The predicted molar refractivity (Wildman–Crippen MR) is 61.6 cm³/mol. The van der Waals surface area contributed by atoms with E-state index in [0.29, 0.717) is 26.1 Å². The molecule has 0 aromatic heterocycles. The Labute approximate surface area is 96.2 Å². The van der Waals surface area contributed by atoms with Gasteiger partial charge in [-0.25, -0.2) is 4.79 Å². The Kier molecular flexibility index (Phi) is 7.28. The van der Waals surface area contributed by atoms with Crippen LogP contribution in [0.5, 0.6) is 0 Å². The zero-order valence-corrected chi connectivity index (χ0v) is 10.2. The molecule has 3 N–H and O–H groups in total. The monoisotopic (exact) mass is 231 g/mol. The van der Waals surface area contributed by atoms with Crippen molar-refractivity contribution in [1.29, 1.82) is 5.41 Å². The average molecular weight is 231 g/mol. The molecule has 0 unspecified atom stereocenters. The Balaban J connectivity index is 4.17. The first-order valence-corrected chi connectivity index (χ1v) is 5.24. The first-order chi connectivity index (χ1) is 7.47. The highest BCUT2D eigenvalue weighted by atomic mass is 16.6. The van der Waals surface area contributed by atoms with E-state index in [-0.39, 0.29) is 11.9 Å². The zero-order chi connectivity index (χ0) is 12.6. The minimum atomic E-state index is -0.395. The van der Waals surface area contributed by atoms with Crippen molar-refractivity contribution < 1.29 is 14.3 Å². The second kappa shape index (κ2) is 7.92. The van der Waals surface area contributed by atoms with Crippen LogP contribution < -0.4 is 5.73 Å². The molecule has 0 bridgehead atoms. The molecule has 0 aromatic rings. The van der Waals surface area contributed by atoms with Crippen molar-refractivity contribution in [2.24, 2.45) is 5.73 Å². The fraction of sp³-hybridized carbons (Fsp3) is 0.800. The zero-order valence-electron chi connectivity index (χ0n) is 10.2. The third-order valence-electron chi connectivity index (χ3n) is 1.81. The largest absolute Gasteiger partial charge is 0.447 e. The van der Waals surface area contributed by atoms with E-state index in [1.807, 2.05) is 0 Å². The maximum Gasteiger partial charge on any atom is 0.410 e. The molecular weight excluding hydrogens is 210 g/mol. The topological polar surface area (TPSA) is 88.6 Å². The lowest BCUT2D eigenvalue weighted by atomic mass is 10.3. The molecule has 94 valence electrons. The number of amides is 1. The van der Waals surface area contributed by atoms with Gasteiger partial charge in [0.2, 0.25) is 0 Å². The van der Waals surface area contributed by atoms with E-state index in [4.69, 9.17) is 20.6 Å². The van der Waals surface area contributed by atoms with Crippen molar-refractivity contribution >= 4 is 11.9 Å². The van der Waals surface area contributed by atoms with Crippen LogP contribution in [0.1, 0.15) is 20.3 Å². The fourth-order valence-electron chi connectivity index (χ4n) is 1.03. The normalized spacial score (nSPS) is 10.2. The van der Waals surface area contributed by atoms with Crippen LogP contribution in [0.25, 0.3) is 0 Å². The molecule has 0 saturated carbocycles. The van der Waals surface area contributed by atoms with Crippen LogP contribution in [0.15, 0.2) is 0 Å². The molecule has 0 rings (SSSR count). The van der Waals surface area contributed by atoms with Crippen molar-refractivity contribution in [1.82, 2.24) is 4.90 Å². The Morgan fingerprint density at radius 2 is 2.06 bits per heavy atom. The van der Waals surface area contributed by atoms with Gasteiger partial charge >= 0.3 is 6.09 Å². The summed E-state index contributed by atoms with van der Waals surface area (Å²) in [7, 11) is 1.57. The van der Waals surface area contributed by atoms with Crippen LogP contribution in [0.3, 0.4) is 0 Å². The molecule has 0 aromatic carbocycles. The molecule has 16 heavy (non-hydrogen) atoms. The molecule has 0 aliphatic carbocycles. The van der Waals surface area contributed by atoms with Gasteiger partial charge in [-0.3, -0.25) is 5.41 Å². The van der Waals surface area contributed by atoms with Crippen molar-refractivity contribution in [2.75, 3.05) is 26.8 Å². The number of carbonyl (C=O) groups is 1. The highest BCUT2D eigenvalue weighted by Gasteiger charge is 2.15. The highest BCUT2D eigenvalue weighted by molar-refractivity contribution is 5.77. The number of amidine groups is 1. The van der Waals surface area contributed by atoms with E-state index in [0.717, 1.165) is 0 Å². The number of carbonyl (C=O) groups excluding carboxylic acids is 1. The van der Waals surface area contributed by atoms with Gasteiger partial charge in [0.15, 0.2) is 0 Å². The SMILES string of the molecule is COCCN(CCC(=N)N)C(=O)OC(C)C. The molecule has 0 heterocycles. The van der Waals surface area contributed by atoms with Crippen LogP contribution in [-0.2, 0) is 9.47 Å². The molecule has 0 fully saturated rings. The summed E-state index contributed by atoms with van der Waals surface area (Å²) in [5.41, 5.74) is 5.24. The maximum absolute atomic E-state index is 11.6. The highest BCUT2D eigenvalue weighted by Crippen LogP contribution is 2.00. The van der Waals surface area contributed by atoms with Gasteiger partial charge in [0.05, 0.1) is 18.5 Å². The average Bonchev–Trinajstić information content (AvgIpc) is 2.16. The summed E-state index contributed by atoms with van der Waals surface area (Å²) in [6.45, 7) is 4.83. The predicted octanol–water partition coefficient (Wildman–Crippen LogP) is 0.806. The van der Waals surface area contributed by atoms with E-state index in [9.17, 15) is 4.79 Å². The van der Waals surface area contributed by atoms with Gasteiger partial charge in [0, 0.05) is 26.6 Å². The Hall–Kier alpha value is -1.30. The van der Waals surface area contributed by atoms with Gasteiger partial charge in [-0.05, 0) is 13.8 Å². The molecule has 0 radical (unpaired) electrons. The molecule has 0 aliphatic rings. The van der Waals surface area contributed by atoms with E-state index in [1.165, 1.54) is 4.90 Å². The van der Waals surface area contributed by atoms with Crippen molar-refractivity contribution in [2.45, 2.75) is 26.4 Å². The maximum atomic E-state index is 11.6. The minimum absolute atomic E-state index is 0.0553. The van der Waals surface area contributed by atoms with Crippen molar-refractivity contribution in [3.8, 4) is 0 Å². The molecule has 6 nitrogen and oxygen atoms in total. The Morgan fingerprint density at radius 1 is 1.44 bits per heavy atom. The van der Waals surface area contributed by atoms with E-state index in [2.05, 4.69) is 0 Å². The molecular formula is C10H21N3O3. The second-order valence-corrected chi connectivity index (χ2v) is 3.69. The van der Waals surface area contributed by atoms with Gasteiger partial charge in [0.25, 0.3) is 0 Å². The Morgan fingerprint density at radius 3 is 2.50 bits per heavy atom. The molecule has 0 saturated heterocycles. The lowest BCUT2D eigenvalue weighted by Gasteiger charge is -2.22. The number of hydrogen-bond acceptors (Lipinski definition) is 4. The molecule has 0 spiro atoms. The number of nitrogens with two attached hydrogens (primary N) is 1. The summed E-state index contributed by atoms with van der Waals surface area (Å²) in [5.74, 6) is 0.0553. The van der Waals surface area contributed by atoms with Crippen LogP contribution in [0.4, 0.5) is 4.79 Å². The number of nitrogens with zero attached hydrogens (tertiary/aromatic N) is 1. The standard InChI is InChI=1S/C10H21N3O3/c1-8(2)16-10(14)13(6-7-15-3)5-4-9(11)12/h8H,4-7H2,1-3H3,(H3,11,12). The van der Waals surface area contributed by atoms with Crippen LogP contribution >= 0.6 is 0 Å².